The molecule has 0 aliphatic carbocycles. The zero-order valence-corrected chi connectivity index (χ0v) is 18.0. The smallest absolute Gasteiger partial charge is 0.245 e. The summed E-state index contributed by atoms with van der Waals surface area (Å²) >= 11 is 0. The molecule has 0 fully saturated rings. The van der Waals surface area contributed by atoms with Crippen LogP contribution in [-0.2, 0) is 14.4 Å². The van der Waals surface area contributed by atoms with E-state index in [0.717, 1.165) is 19.3 Å². The second-order valence-electron chi connectivity index (χ2n) is 8.52. The molecule has 2 atom stereocenters. The molecular weight excluding hydrogens is 346 g/mol. The van der Waals surface area contributed by atoms with E-state index in [0.29, 0.717) is 17.9 Å². The molecule has 0 unspecified atom stereocenters. The van der Waals surface area contributed by atoms with Crippen LogP contribution in [0.2, 0.25) is 0 Å². The van der Waals surface area contributed by atoms with Crippen molar-refractivity contribution in [1.82, 2.24) is 15.3 Å². The number of amides is 3. The zero-order chi connectivity index (χ0) is 21.0. The SMILES string of the molecule is CCCCCCCC[C@H](CN(O)C=O)C(=O)N[C@H](C(=O)N(C)C)C(C)(C)C. The average Bonchev–Trinajstić information content (AvgIpc) is 2.59. The summed E-state index contributed by atoms with van der Waals surface area (Å²) < 4.78 is 0. The molecule has 0 spiro atoms. The minimum atomic E-state index is -0.671. The first-order valence-electron chi connectivity index (χ1n) is 9.96. The number of nitrogens with zero attached hydrogens (tertiary/aromatic N) is 2. The molecule has 3 amide bonds. The van der Waals surface area contributed by atoms with Gasteiger partial charge in [0.15, 0.2) is 0 Å². The normalized spacial score (nSPS) is 13.6. The molecule has 0 aromatic heterocycles. The molecule has 0 bridgehead atoms. The first kappa shape index (κ1) is 25.4. The number of nitrogens with one attached hydrogen (secondary N) is 1. The van der Waals surface area contributed by atoms with Crippen LogP contribution in [0.1, 0.15) is 72.6 Å². The van der Waals surface area contributed by atoms with E-state index < -0.39 is 17.4 Å². The van der Waals surface area contributed by atoms with Crippen LogP contribution in [0, 0.1) is 11.3 Å². The number of hydroxylamine groups is 2. The highest BCUT2D eigenvalue weighted by Gasteiger charge is 2.35. The quantitative estimate of drug-likeness (QED) is 0.221. The summed E-state index contributed by atoms with van der Waals surface area (Å²) in [4.78, 5) is 37.5. The van der Waals surface area contributed by atoms with E-state index in [4.69, 9.17) is 0 Å². The van der Waals surface area contributed by atoms with Crippen LogP contribution in [0.15, 0.2) is 0 Å². The molecule has 0 radical (unpaired) electrons. The highest BCUT2D eigenvalue weighted by Crippen LogP contribution is 2.22. The van der Waals surface area contributed by atoms with Crippen molar-refractivity contribution in [3.05, 3.63) is 0 Å². The van der Waals surface area contributed by atoms with Crippen LogP contribution in [0.4, 0.5) is 0 Å². The van der Waals surface area contributed by atoms with Crippen molar-refractivity contribution in [3.8, 4) is 0 Å². The van der Waals surface area contributed by atoms with Crippen molar-refractivity contribution < 1.29 is 19.6 Å². The van der Waals surface area contributed by atoms with Gasteiger partial charge in [-0.1, -0.05) is 66.2 Å². The molecule has 0 aliphatic rings. The van der Waals surface area contributed by atoms with E-state index in [9.17, 15) is 19.6 Å². The minimum absolute atomic E-state index is 0.0721. The predicted molar refractivity (Wildman–Crippen MR) is 106 cm³/mol. The Hall–Kier alpha value is -1.63. The predicted octanol–water partition coefficient (Wildman–Crippen LogP) is 2.82. The van der Waals surface area contributed by atoms with Gasteiger partial charge in [0.2, 0.25) is 18.2 Å². The number of unbranched alkanes of at least 4 members (excludes halogenated alkanes) is 5. The van der Waals surface area contributed by atoms with Crippen LogP contribution in [0.25, 0.3) is 0 Å². The summed E-state index contributed by atoms with van der Waals surface area (Å²) in [7, 11) is 3.31. The molecule has 0 heterocycles. The zero-order valence-electron chi connectivity index (χ0n) is 18.0. The lowest BCUT2D eigenvalue weighted by Gasteiger charge is -2.33. The number of hydrogen-bond donors (Lipinski definition) is 2. The first-order valence-corrected chi connectivity index (χ1v) is 9.96. The molecule has 0 rings (SSSR count). The van der Waals surface area contributed by atoms with Gasteiger partial charge in [-0.3, -0.25) is 19.6 Å². The Bertz CT molecular complexity index is 461. The van der Waals surface area contributed by atoms with Gasteiger partial charge in [0.1, 0.15) is 6.04 Å². The summed E-state index contributed by atoms with van der Waals surface area (Å²) in [5.74, 6) is -1.03. The molecule has 7 heteroatoms. The fourth-order valence-corrected chi connectivity index (χ4v) is 2.91. The van der Waals surface area contributed by atoms with E-state index in [2.05, 4.69) is 12.2 Å². The Labute approximate surface area is 164 Å². The Kier molecular flexibility index (Phi) is 11.9. The van der Waals surface area contributed by atoms with Crippen molar-refractivity contribution >= 4 is 18.2 Å². The van der Waals surface area contributed by atoms with Crippen LogP contribution in [0.3, 0.4) is 0 Å². The van der Waals surface area contributed by atoms with Gasteiger partial charge in [-0.2, -0.15) is 0 Å². The van der Waals surface area contributed by atoms with Gasteiger partial charge in [0, 0.05) is 14.1 Å². The summed E-state index contributed by atoms with van der Waals surface area (Å²) in [6, 6.07) is -0.671. The number of hydrogen-bond acceptors (Lipinski definition) is 4. The summed E-state index contributed by atoms with van der Waals surface area (Å²) in [5.41, 5.74) is -0.453. The Balaban J connectivity index is 4.97. The van der Waals surface area contributed by atoms with Crippen LogP contribution >= 0.6 is 0 Å². The fraction of sp³-hybridized carbons (Fsp3) is 0.850. The van der Waals surface area contributed by atoms with E-state index in [1.54, 1.807) is 14.1 Å². The first-order chi connectivity index (χ1) is 12.5. The molecular formula is C20H39N3O4. The van der Waals surface area contributed by atoms with Crippen molar-refractivity contribution in [2.24, 2.45) is 11.3 Å². The lowest BCUT2D eigenvalue weighted by atomic mass is 9.85. The highest BCUT2D eigenvalue weighted by molar-refractivity contribution is 5.89. The van der Waals surface area contributed by atoms with E-state index >= 15 is 0 Å². The molecule has 27 heavy (non-hydrogen) atoms. The van der Waals surface area contributed by atoms with Crippen molar-refractivity contribution in [1.29, 1.82) is 0 Å². The van der Waals surface area contributed by atoms with Gasteiger partial charge >= 0.3 is 0 Å². The lowest BCUT2D eigenvalue weighted by Crippen LogP contribution is -2.55. The van der Waals surface area contributed by atoms with E-state index in [1.165, 1.54) is 24.2 Å². The Morgan fingerprint density at radius 2 is 1.63 bits per heavy atom. The Morgan fingerprint density at radius 1 is 1.07 bits per heavy atom. The maximum atomic E-state index is 12.8. The number of carbonyl (C=O) groups is 3. The fourth-order valence-electron chi connectivity index (χ4n) is 2.91. The van der Waals surface area contributed by atoms with Gasteiger partial charge in [-0.25, -0.2) is 5.06 Å². The topological polar surface area (TPSA) is 90.0 Å². The molecule has 0 aliphatic heterocycles. The summed E-state index contributed by atoms with van der Waals surface area (Å²) in [5, 5.41) is 12.9. The van der Waals surface area contributed by atoms with Crippen LogP contribution in [0.5, 0.6) is 0 Å². The third kappa shape index (κ3) is 10.3. The average molecular weight is 386 g/mol. The van der Waals surface area contributed by atoms with Crippen molar-refractivity contribution in [2.45, 2.75) is 78.7 Å². The van der Waals surface area contributed by atoms with Gasteiger partial charge in [-0.15, -0.1) is 0 Å². The summed E-state index contributed by atoms with van der Waals surface area (Å²) in [6.07, 6.45) is 7.40. The van der Waals surface area contributed by atoms with Crippen LogP contribution in [-0.4, -0.2) is 60.1 Å². The number of likely N-dealkylation sites (N-methyl/N-ethyl adjacent to an activating group) is 1. The maximum absolute atomic E-state index is 12.8. The molecule has 7 nitrogen and oxygen atoms in total. The molecule has 0 aromatic carbocycles. The minimum Gasteiger partial charge on any atom is -0.347 e. The van der Waals surface area contributed by atoms with Gasteiger partial charge < -0.3 is 10.2 Å². The number of carbonyl (C=O) groups excluding carboxylic acids is 3. The molecule has 0 aromatic rings. The van der Waals surface area contributed by atoms with Gasteiger partial charge in [0.05, 0.1) is 12.5 Å². The molecule has 158 valence electrons. The number of rotatable bonds is 13. The van der Waals surface area contributed by atoms with Crippen molar-refractivity contribution in [2.75, 3.05) is 20.6 Å². The third-order valence-corrected chi connectivity index (χ3v) is 4.65. The second kappa shape index (κ2) is 12.7. The molecule has 0 saturated heterocycles. The van der Waals surface area contributed by atoms with Crippen molar-refractivity contribution in [3.63, 3.8) is 0 Å². The second-order valence-corrected chi connectivity index (χ2v) is 8.52. The Morgan fingerprint density at radius 3 is 2.11 bits per heavy atom. The van der Waals surface area contributed by atoms with E-state index in [-0.39, 0.29) is 18.4 Å². The van der Waals surface area contributed by atoms with Gasteiger partial charge in [0.25, 0.3) is 0 Å². The van der Waals surface area contributed by atoms with E-state index in [1.807, 2.05) is 20.8 Å². The van der Waals surface area contributed by atoms with Gasteiger partial charge in [-0.05, 0) is 11.8 Å². The maximum Gasteiger partial charge on any atom is 0.245 e. The third-order valence-electron chi connectivity index (χ3n) is 4.65. The standard InChI is InChI=1S/C20H39N3O4/c1-7-8-9-10-11-12-13-16(14-23(27)15-24)18(25)21-17(20(2,3)4)19(26)22(5)6/h15-17,27H,7-14H2,1-6H3,(H,21,25)/t16-,17-/m1/s1. The highest BCUT2D eigenvalue weighted by atomic mass is 16.5. The summed E-state index contributed by atoms with van der Waals surface area (Å²) in [6.45, 7) is 7.77. The lowest BCUT2D eigenvalue weighted by molar-refractivity contribution is -0.155. The molecule has 0 saturated carbocycles. The monoisotopic (exact) mass is 385 g/mol. The van der Waals surface area contributed by atoms with Crippen LogP contribution < -0.4 is 5.32 Å². The molecule has 2 N–H and O–H groups in total. The largest absolute Gasteiger partial charge is 0.347 e.